The van der Waals surface area contributed by atoms with E-state index in [1.165, 1.54) is 6.42 Å². The van der Waals surface area contributed by atoms with E-state index < -0.39 is 0 Å². The van der Waals surface area contributed by atoms with Crippen LogP contribution in [0.5, 0.6) is 0 Å². The molecule has 0 radical (unpaired) electrons. The average Bonchev–Trinajstić information content (AvgIpc) is 3.59. The fourth-order valence-corrected chi connectivity index (χ4v) is 5.74. The zero-order valence-electron chi connectivity index (χ0n) is 20.9. The fourth-order valence-electron chi connectivity index (χ4n) is 5.74. The van der Waals surface area contributed by atoms with Crippen molar-refractivity contribution in [2.45, 2.75) is 44.9 Å². The molecule has 190 valence electrons. The van der Waals surface area contributed by atoms with Gasteiger partial charge in [-0.15, -0.1) is 0 Å². The van der Waals surface area contributed by atoms with E-state index in [1.807, 2.05) is 35.2 Å². The minimum absolute atomic E-state index is 0.0596. The molecule has 7 heteroatoms. The highest BCUT2D eigenvalue weighted by Crippen LogP contribution is 2.34. The predicted molar refractivity (Wildman–Crippen MR) is 136 cm³/mol. The van der Waals surface area contributed by atoms with Gasteiger partial charge in [0.1, 0.15) is 5.76 Å². The molecule has 2 aliphatic carbocycles. The first-order valence-electron chi connectivity index (χ1n) is 13.1. The Bertz CT molecular complexity index is 1170. The first-order valence-corrected chi connectivity index (χ1v) is 13.1. The van der Waals surface area contributed by atoms with Crippen LogP contribution in [-0.4, -0.2) is 55.8 Å². The van der Waals surface area contributed by atoms with Gasteiger partial charge in [-0.25, -0.2) is 0 Å². The fraction of sp³-hybridized carbons (Fsp3) is 0.483. The number of amides is 2. The number of ketones is 1. The van der Waals surface area contributed by atoms with Crippen LogP contribution in [0.1, 0.15) is 60.2 Å². The number of hydrogen-bond donors (Lipinski definition) is 1. The molecule has 0 spiro atoms. The van der Waals surface area contributed by atoms with Crippen molar-refractivity contribution >= 4 is 23.7 Å². The van der Waals surface area contributed by atoms with Gasteiger partial charge in [-0.3, -0.25) is 14.4 Å². The topological polar surface area (TPSA) is 88.9 Å². The van der Waals surface area contributed by atoms with Crippen LogP contribution in [0.3, 0.4) is 0 Å². The number of nitrogens with zero attached hydrogens (tertiary/aromatic N) is 1. The number of hydrogen-bond acceptors (Lipinski definition) is 5. The Labute approximate surface area is 211 Å². The lowest BCUT2D eigenvalue weighted by Gasteiger charge is -2.28. The summed E-state index contributed by atoms with van der Waals surface area (Å²) in [6.45, 7) is 2.42. The maximum Gasteiger partial charge on any atom is 0.250 e. The third kappa shape index (κ3) is 5.16. The molecule has 3 aliphatic rings. The zero-order chi connectivity index (χ0) is 25.1. The van der Waals surface area contributed by atoms with Crippen LogP contribution in [0.2, 0.25) is 0 Å². The molecule has 1 atom stereocenters. The Morgan fingerprint density at radius 1 is 1.06 bits per heavy atom. The van der Waals surface area contributed by atoms with Gasteiger partial charge in [0.05, 0.1) is 13.2 Å². The lowest BCUT2D eigenvalue weighted by atomic mass is 9.77. The molecular formula is C29H34N2O5. The minimum Gasteiger partial charge on any atom is -0.453 e. The molecule has 0 unspecified atom stereocenters. The molecule has 0 bridgehead atoms. The van der Waals surface area contributed by atoms with Gasteiger partial charge in [0, 0.05) is 50.0 Å². The van der Waals surface area contributed by atoms with Crippen molar-refractivity contribution < 1.29 is 23.5 Å². The number of rotatable bonds is 7. The van der Waals surface area contributed by atoms with Crippen molar-refractivity contribution in [2.24, 2.45) is 11.8 Å². The van der Waals surface area contributed by atoms with Gasteiger partial charge in [-0.2, -0.15) is 0 Å². The molecule has 1 saturated heterocycles. The lowest BCUT2D eigenvalue weighted by Crippen LogP contribution is -2.41. The van der Waals surface area contributed by atoms with Crippen molar-refractivity contribution in [1.82, 2.24) is 10.2 Å². The summed E-state index contributed by atoms with van der Waals surface area (Å²) in [4.78, 5) is 40.4. The number of Topliss-reactive ketones (excluding diaryl/α,β-unsaturated/α-hetero) is 1. The van der Waals surface area contributed by atoms with Gasteiger partial charge >= 0.3 is 0 Å². The molecule has 7 nitrogen and oxygen atoms in total. The van der Waals surface area contributed by atoms with E-state index >= 15 is 0 Å². The van der Waals surface area contributed by atoms with Crippen molar-refractivity contribution in [1.29, 1.82) is 0 Å². The number of benzene rings is 1. The minimum atomic E-state index is -0.315. The number of morpholine rings is 1. The van der Waals surface area contributed by atoms with E-state index in [0.717, 1.165) is 47.9 Å². The molecular weight excluding hydrogens is 456 g/mol. The number of nitrogens with one attached hydrogen (secondary N) is 1. The molecule has 2 fully saturated rings. The third-order valence-electron chi connectivity index (χ3n) is 7.80. The van der Waals surface area contributed by atoms with E-state index in [2.05, 4.69) is 5.32 Å². The normalized spacial score (nSPS) is 18.9. The van der Waals surface area contributed by atoms with E-state index in [0.29, 0.717) is 38.5 Å². The predicted octanol–water partition coefficient (Wildman–Crippen LogP) is 4.26. The van der Waals surface area contributed by atoms with Gasteiger partial charge in [0.15, 0.2) is 11.5 Å². The first-order chi connectivity index (χ1) is 17.5. The highest BCUT2D eigenvalue weighted by Gasteiger charge is 2.32. The van der Waals surface area contributed by atoms with E-state index in [1.54, 1.807) is 13.1 Å². The summed E-state index contributed by atoms with van der Waals surface area (Å²) in [5.41, 5.74) is 3.78. The smallest absolute Gasteiger partial charge is 0.250 e. The Morgan fingerprint density at radius 2 is 1.83 bits per heavy atom. The largest absolute Gasteiger partial charge is 0.453 e. The van der Waals surface area contributed by atoms with Crippen molar-refractivity contribution in [3.8, 4) is 11.3 Å². The van der Waals surface area contributed by atoms with Gasteiger partial charge in [-0.1, -0.05) is 31.4 Å². The zero-order valence-corrected chi connectivity index (χ0v) is 20.9. The summed E-state index contributed by atoms with van der Waals surface area (Å²) in [7, 11) is 1.64. The highest BCUT2D eigenvalue weighted by atomic mass is 16.5. The maximum atomic E-state index is 13.1. The Kier molecular flexibility index (Phi) is 7.37. The van der Waals surface area contributed by atoms with E-state index in [9.17, 15) is 14.4 Å². The molecule has 2 aromatic rings. The SMILES string of the molecule is CNC(=O)[C@@H](CC(=O)c1ccc(-c2ccc3c(c2)CC(C(=O)N2CCOCC2)=C3)o1)C1CCCCC1. The number of ether oxygens (including phenoxy) is 1. The molecule has 1 aromatic carbocycles. The second kappa shape index (κ2) is 10.8. The monoisotopic (exact) mass is 490 g/mol. The number of carbonyl (C=O) groups is 3. The molecule has 2 amide bonds. The maximum absolute atomic E-state index is 13.1. The number of furan rings is 1. The summed E-state index contributed by atoms with van der Waals surface area (Å²) in [6, 6.07) is 9.51. The quantitative estimate of drug-likeness (QED) is 0.586. The molecule has 1 saturated carbocycles. The van der Waals surface area contributed by atoms with Crippen LogP contribution in [0.25, 0.3) is 17.4 Å². The van der Waals surface area contributed by atoms with Gasteiger partial charge in [0.25, 0.3) is 0 Å². The van der Waals surface area contributed by atoms with Crippen LogP contribution in [-0.2, 0) is 20.7 Å². The highest BCUT2D eigenvalue weighted by molar-refractivity contribution is 6.00. The number of carbonyl (C=O) groups excluding carboxylic acids is 3. The summed E-state index contributed by atoms with van der Waals surface area (Å²) in [6.07, 6.45) is 8.14. The molecule has 2 heterocycles. The summed E-state index contributed by atoms with van der Waals surface area (Å²) in [5.74, 6) is 0.711. The second-order valence-electron chi connectivity index (χ2n) is 10.1. The summed E-state index contributed by atoms with van der Waals surface area (Å²) < 4.78 is 11.3. The van der Waals surface area contributed by atoms with Crippen LogP contribution >= 0.6 is 0 Å². The van der Waals surface area contributed by atoms with Gasteiger partial charge < -0.3 is 19.4 Å². The molecule has 1 aromatic heterocycles. The lowest BCUT2D eigenvalue weighted by molar-refractivity contribution is -0.131. The molecule has 1 N–H and O–H groups in total. The van der Waals surface area contributed by atoms with Crippen molar-refractivity contribution in [3.63, 3.8) is 0 Å². The van der Waals surface area contributed by atoms with Crippen molar-refractivity contribution in [3.05, 3.63) is 52.8 Å². The van der Waals surface area contributed by atoms with Crippen molar-refractivity contribution in [2.75, 3.05) is 33.4 Å². The van der Waals surface area contributed by atoms with Crippen LogP contribution in [0.15, 0.2) is 40.3 Å². The summed E-state index contributed by atoms with van der Waals surface area (Å²) in [5, 5.41) is 2.75. The Hall–Kier alpha value is -3.19. The Balaban J connectivity index is 1.26. The van der Waals surface area contributed by atoms with E-state index in [4.69, 9.17) is 9.15 Å². The molecule has 5 rings (SSSR count). The van der Waals surface area contributed by atoms with Gasteiger partial charge in [-0.05, 0) is 54.2 Å². The first kappa shape index (κ1) is 24.5. The van der Waals surface area contributed by atoms with Crippen LogP contribution in [0.4, 0.5) is 0 Å². The second-order valence-corrected chi connectivity index (χ2v) is 10.1. The van der Waals surface area contributed by atoms with Crippen LogP contribution in [0, 0.1) is 11.8 Å². The third-order valence-corrected chi connectivity index (χ3v) is 7.80. The van der Waals surface area contributed by atoms with Crippen LogP contribution < -0.4 is 5.32 Å². The summed E-state index contributed by atoms with van der Waals surface area (Å²) >= 11 is 0. The molecule has 1 aliphatic heterocycles. The molecule has 36 heavy (non-hydrogen) atoms. The number of fused-ring (bicyclic) bond motifs is 1. The van der Waals surface area contributed by atoms with Gasteiger partial charge in [0.2, 0.25) is 11.8 Å². The Morgan fingerprint density at radius 3 is 2.58 bits per heavy atom. The average molecular weight is 491 g/mol. The standard InChI is InChI=1S/C29H34N2O5/c1-30-28(33)24(19-5-3-2-4-6-19)18-25(32)27-10-9-26(36-27)21-8-7-20-15-23(17-22(20)16-21)29(34)31-11-13-35-14-12-31/h7-10,15-16,19,24H,2-6,11-14,17-18H2,1H3,(H,30,33)/t24-/m0/s1. The van der Waals surface area contributed by atoms with E-state index in [-0.39, 0.29) is 41.6 Å².